The number of benzene rings is 2. The van der Waals surface area contributed by atoms with Crippen molar-refractivity contribution in [1.82, 2.24) is 4.98 Å². The Bertz CT molecular complexity index is 926. The summed E-state index contributed by atoms with van der Waals surface area (Å²) in [6.07, 6.45) is 0.177. The van der Waals surface area contributed by atoms with E-state index in [1.165, 1.54) is 11.3 Å². The maximum atomic E-state index is 12.6. The fraction of sp³-hybridized carbons (Fsp3) is 0.150. The summed E-state index contributed by atoms with van der Waals surface area (Å²) in [6.45, 7) is 2.51. The summed E-state index contributed by atoms with van der Waals surface area (Å²) in [7, 11) is 0. The third-order valence-electron chi connectivity index (χ3n) is 3.90. The second kappa shape index (κ2) is 8.79. The van der Waals surface area contributed by atoms with Crippen molar-refractivity contribution in [2.45, 2.75) is 13.3 Å². The normalized spacial score (nSPS) is 10.4. The third-order valence-corrected chi connectivity index (χ3v) is 4.95. The average Bonchev–Trinajstić information content (AvgIpc) is 3.10. The second-order valence-corrected chi connectivity index (χ2v) is 7.05. The minimum absolute atomic E-state index is 0.0374. The number of likely N-dealkylation sites (N-methyl/N-ethyl adjacent to an activating group) is 1. The minimum atomic E-state index is -0.265. The van der Waals surface area contributed by atoms with Crippen molar-refractivity contribution in [2.24, 2.45) is 0 Å². The number of halogens is 1. The van der Waals surface area contributed by atoms with Crippen LogP contribution >= 0.6 is 22.9 Å². The molecule has 138 valence electrons. The Morgan fingerprint density at radius 1 is 1.11 bits per heavy atom. The summed E-state index contributed by atoms with van der Waals surface area (Å²) < 4.78 is 0. The maximum absolute atomic E-state index is 12.6. The highest BCUT2D eigenvalue weighted by Gasteiger charge is 2.16. The molecule has 0 bridgehead atoms. The number of hydrogen-bond acceptors (Lipinski definition) is 4. The van der Waals surface area contributed by atoms with Gasteiger partial charge in [0, 0.05) is 28.2 Å². The number of carbonyl (C=O) groups excluding carboxylic acids is 2. The lowest BCUT2D eigenvalue weighted by atomic mass is 10.2. The number of rotatable bonds is 6. The first-order valence-corrected chi connectivity index (χ1v) is 9.69. The molecule has 0 radical (unpaired) electrons. The van der Waals surface area contributed by atoms with E-state index in [4.69, 9.17) is 11.6 Å². The number of nitrogens with zero attached hydrogens (tertiary/aromatic N) is 2. The number of aromatic nitrogens is 1. The number of hydrogen-bond donors (Lipinski definition) is 1. The molecular weight excluding hydrogens is 382 g/mol. The molecule has 27 heavy (non-hydrogen) atoms. The molecule has 1 aromatic heterocycles. The fourth-order valence-corrected chi connectivity index (χ4v) is 3.41. The lowest BCUT2D eigenvalue weighted by Gasteiger charge is -2.20. The Morgan fingerprint density at radius 3 is 2.48 bits per heavy atom. The Kier molecular flexibility index (Phi) is 6.21. The van der Waals surface area contributed by atoms with Crippen LogP contribution in [-0.4, -0.2) is 23.3 Å². The average molecular weight is 400 g/mol. The fourth-order valence-electron chi connectivity index (χ4n) is 2.58. The van der Waals surface area contributed by atoms with Crippen LogP contribution in [0.5, 0.6) is 0 Å². The van der Waals surface area contributed by atoms with E-state index in [1.807, 2.05) is 37.3 Å². The molecule has 0 saturated carbocycles. The quantitative estimate of drug-likeness (QED) is 0.656. The summed E-state index contributed by atoms with van der Waals surface area (Å²) in [4.78, 5) is 30.9. The van der Waals surface area contributed by atoms with Gasteiger partial charge in [0.1, 0.15) is 0 Å². The highest BCUT2D eigenvalue weighted by atomic mass is 35.5. The number of amides is 2. The van der Waals surface area contributed by atoms with E-state index in [0.717, 1.165) is 5.69 Å². The van der Waals surface area contributed by atoms with Crippen LogP contribution in [0.1, 0.15) is 23.0 Å². The standard InChI is InChI=1S/C20H18ClN3O2S/c1-2-24(17-6-4-3-5-7-17)18(25)12-16-13-27-20(22-16)23-19(26)14-8-10-15(21)11-9-14/h3-11,13H,2,12H2,1H3,(H,22,23,26). The van der Waals surface area contributed by atoms with E-state index >= 15 is 0 Å². The van der Waals surface area contributed by atoms with E-state index in [1.54, 1.807) is 34.5 Å². The molecule has 0 aliphatic heterocycles. The van der Waals surface area contributed by atoms with Crippen LogP contribution < -0.4 is 10.2 Å². The van der Waals surface area contributed by atoms with Gasteiger partial charge in [-0.3, -0.25) is 14.9 Å². The zero-order valence-corrected chi connectivity index (χ0v) is 16.3. The second-order valence-electron chi connectivity index (χ2n) is 5.76. The Balaban J connectivity index is 1.64. The molecule has 0 saturated heterocycles. The molecule has 7 heteroatoms. The van der Waals surface area contributed by atoms with Crippen LogP contribution in [0.3, 0.4) is 0 Å². The van der Waals surface area contributed by atoms with Crippen molar-refractivity contribution in [3.63, 3.8) is 0 Å². The maximum Gasteiger partial charge on any atom is 0.257 e. The monoisotopic (exact) mass is 399 g/mol. The topological polar surface area (TPSA) is 62.3 Å². The van der Waals surface area contributed by atoms with Gasteiger partial charge in [-0.1, -0.05) is 29.8 Å². The predicted octanol–water partition coefficient (Wildman–Crippen LogP) is 4.64. The van der Waals surface area contributed by atoms with Crippen LogP contribution in [-0.2, 0) is 11.2 Å². The van der Waals surface area contributed by atoms with Gasteiger partial charge in [0.2, 0.25) is 5.91 Å². The molecule has 0 fully saturated rings. The highest BCUT2D eigenvalue weighted by molar-refractivity contribution is 7.14. The van der Waals surface area contributed by atoms with Crippen molar-refractivity contribution in [2.75, 3.05) is 16.8 Å². The Morgan fingerprint density at radius 2 is 1.81 bits per heavy atom. The van der Waals surface area contributed by atoms with Crippen molar-refractivity contribution in [1.29, 1.82) is 0 Å². The SMILES string of the molecule is CCN(C(=O)Cc1csc(NC(=O)c2ccc(Cl)cc2)n1)c1ccccc1. The minimum Gasteiger partial charge on any atom is -0.312 e. The number of thiazole rings is 1. The first kappa shape index (κ1) is 19.1. The molecular formula is C20H18ClN3O2S. The zero-order valence-electron chi connectivity index (χ0n) is 14.7. The van der Waals surface area contributed by atoms with Gasteiger partial charge in [-0.25, -0.2) is 4.98 Å². The lowest BCUT2D eigenvalue weighted by molar-refractivity contribution is -0.118. The van der Waals surface area contributed by atoms with E-state index in [-0.39, 0.29) is 18.2 Å². The van der Waals surface area contributed by atoms with Crippen LogP contribution in [0.2, 0.25) is 5.02 Å². The Labute approximate surface area is 166 Å². The first-order valence-electron chi connectivity index (χ1n) is 8.43. The molecule has 0 atom stereocenters. The van der Waals surface area contributed by atoms with Gasteiger partial charge >= 0.3 is 0 Å². The number of para-hydroxylation sites is 1. The van der Waals surface area contributed by atoms with Crippen LogP contribution in [0.25, 0.3) is 0 Å². The number of nitrogens with one attached hydrogen (secondary N) is 1. The van der Waals surface area contributed by atoms with Crippen molar-refractivity contribution in [3.8, 4) is 0 Å². The van der Waals surface area contributed by atoms with E-state index in [9.17, 15) is 9.59 Å². The molecule has 2 amide bonds. The van der Waals surface area contributed by atoms with Crippen LogP contribution in [0, 0.1) is 0 Å². The van der Waals surface area contributed by atoms with E-state index < -0.39 is 0 Å². The number of carbonyl (C=O) groups is 2. The van der Waals surface area contributed by atoms with Crippen molar-refractivity contribution >= 4 is 45.6 Å². The zero-order chi connectivity index (χ0) is 19.2. The summed E-state index contributed by atoms with van der Waals surface area (Å²) >= 11 is 7.13. The summed E-state index contributed by atoms with van der Waals surface area (Å²) in [5.41, 5.74) is 1.98. The summed E-state index contributed by atoms with van der Waals surface area (Å²) in [5.74, 6) is -0.303. The van der Waals surface area contributed by atoms with Gasteiger partial charge in [0.05, 0.1) is 12.1 Å². The van der Waals surface area contributed by atoms with Crippen molar-refractivity contribution in [3.05, 3.63) is 76.3 Å². The summed E-state index contributed by atoms with van der Waals surface area (Å²) in [6, 6.07) is 16.1. The molecule has 1 heterocycles. The lowest BCUT2D eigenvalue weighted by Crippen LogP contribution is -2.32. The Hall–Kier alpha value is -2.70. The van der Waals surface area contributed by atoms with Gasteiger partial charge in [0.25, 0.3) is 5.91 Å². The molecule has 3 rings (SSSR count). The molecule has 0 aliphatic rings. The van der Waals surface area contributed by atoms with Gasteiger partial charge < -0.3 is 4.90 Å². The van der Waals surface area contributed by atoms with Gasteiger partial charge in [0.15, 0.2) is 5.13 Å². The van der Waals surface area contributed by atoms with Crippen LogP contribution in [0.15, 0.2) is 60.0 Å². The van der Waals surface area contributed by atoms with E-state index in [0.29, 0.717) is 28.0 Å². The molecule has 3 aromatic rings. The van der Waals surface area contributed by atoms with Crippen molar-refractivity contribution < 1.29 is 9.59 Å². The third kappa shape index (κ3) is 4.93. The van der Waals surface area contributed by atoms with Crippen LogP contribution in [0.4, 0.5) is 10.8 Å². The molecule has 0 unspecified atom stereocenters. The van der Waals surface area contributed by atoms with Gasteiger partial charge in [-0.2, -0.15) is 0 Å². The van der Waals surface area contributed by atoms with Gasteiger partial charge in [-0.15, -0.1) is 11.3 Å². The highest BCUT2D eigenvalue weighted by Crippen LogP contribution is 2.20. The predicted molar refractivity (Wildman–Crippen MR) is 110 cm³/mol. The smallest absolute Gasteiger partial charge is 0.257 e. The number of anilines is 2. The largest absolute Gasteiger partial charge is 0.312 e. The first-order chi connectivity index (χ1) is 13.1. The molecule has 0 spiro atoms. The van der Waals surface area contributed by atoms with E-state index in [2.05, 4.69) is 10.3 Å². The molecule has 2 aromatic carbocycles. The van der Waals surface area contributed by atoms with Gasteiger partial charge in [-0.05, 0) is 43.3 Å². The molecule has 0 aliphatic carbocycles. The molecule has 1 N–H and O–H groups in total. The summed E-state index contributed by atoms with van der Waals surface area (Å²) in [5, 5.41) is 5.56. The molecule has 5 nitrogen and oxygen atoms in total.